The lowest BCUT2D eigenvalue weighted by atomic mass is 9.42. The number of carbonyl (C=O) groups excluding carboxylic acids is 2. The molecule has 0 unspecified atom stereocenters. The summed E-state index contributed by atoms with van der Waals surface area (Å²) in [5, 5.41) is 24.5. The Morgan fingerprint density at radius 1 is 1.06 bits per heavy atom. The molecule has 48 heavy (non-hydrogen) atoms. The fourth-order valence-corrected chi connectivity index (χ4v) is 11.0. The Bertz CT molecular complexity index is 1460. The van der Waals surface area contributed by atoms with Crippen molar-refractivity contribution in [2.75, 3.05) is 6.61 Å². The van der Waals surface area contributed by atoms with Crippen LogP contribution in [0.4, 0.5) is 10.5 Å². The summed E-state index contributed by atoms with van der Waals surface area (Å²) in [6.07, 6.45) is 9.67. The normalized spacial score (nSPS) is 42.1. The van der Waals surface area contributed by atoms with Gasteiger partial charge in [-0.1, -0.05) is 26.0 Å². The topological polar surface area (TPSA) is 144 Å². The summed E-state index contributed by atoms with van der Waals surface area (Å²) in [5.74, 6) is -0.0910. The van der Waals surface area contributed by atoms with E-state index in [0.717, 1.165) is 56.9 Å². The van der Waals surface area contributed by atoms with Crippen molar-refractivity contribution in [3.63, 3.8) is 0 Å². The molecular weight excluding hydrogens is 618 g/mol. The van der Waals surface area contributed by atoms with Gasteiger partial charge in [0.05, 0.1) is 28.3 Å². The number of rotatable bonds is 7. The van der Waals surface area contributed by atoms with Crippen molar-refractivity contribution in [1.82, 2.24) is 0 Å². The van der Waals surface area contributed by atoms with E-state index in [1.165, 1.54) is 12.1 Å². The molecule has 0 bridgehead atoms. The van der Waals surface area contributed by atoms with Gasteiger partial charge in [-0.3, -0.25) is 10.1 Å². The third-order valence-electron chi connectivity index (χ3n) is 13.5. The molecule has 0 amide bonds. The van der Waals surface area contributed by atoms with Crippen molar-refractivity contribution in [2.24, 2.45) is 34.5 Å². The van der Waals surface area contributed by atoms with Gasteiger partial charge in [0.1, 0.15) is 19.3 Å². The van der Waals surface area contributed by atoms with Crippen molar-refractivity contribution < 1.29 is 43.3 Å². The van der Waals surface area contributed by atoms with E-state index in [4.69, 9.17) is 23.7 Å². The van der Waals surface area contributed by atoms with E-state index in [0.29, 0.717) is 25.2 Å². The number of cyclic esters (lactones) is 1. The van der Waals surface area contributed by atoms with Gasteiger partial charge in [-0.25, -0.2) is 9.59 Å². The Morgan fingerprint density at radius 3 is 2.62 bits per heavy atom. The molecule has 11 atom stereocenters. The van der Waals surface area contributed by atoms with Crippen LogP contribution in [0.5, 0.6) is 0 Å². The van der Waals surface area contributed by atoms with Crippen LogP contribution < -0.4 is 0 Å². The Morgan fingerprint density at radius 2 is 1.88 bits per heavy atom. The van der Waals surface area contributed by atoms with Crippen molar-refractivity contribution in [1.29, 1.82) is 0 Å². The molecule has 0 aromatic heterocycles. The van der Waals surface area contributed by atoms with Crippen LogP contribution in [0, 0.1) is 44.6 Å². The van der Waals surface area contributed by atoms with Gasteiger partial charge in [0.15, 0.2) is 6.29 Å². The highest BCUT2D eigenvalue weighted by Gasteiger charge is 2.72. The molecule has 5 fully saturated rings. The lowest BCUT2D eigenvalue weighted by molar-refractivity contribution is -0.385. The van der Waals surface area contributed by atoms with Gasteiger partial charge in [-0.15, -0.1) is 0 Å². The number of para-hydroxylation sites is 1. The highest BCUT2D eigenvalue weighted by atomic mass is 16.7. The molecule has 1 aromatic rings. The Labute approximate surface area is 281 Å². The summed E-state index contributed by atoms with van der Waals surface area (Å²) >= 11 is 0. The van der Waals surface area contributed by atoms with E-state index in [9.17, 15) is 24.8 Å². The minimum absolute atomic E-state index is 0.00945. The number of benzene rings is 1. The highest BCUT2D eigenvalue weighted by Crippen LogP contribution is 2.70. The summed E-state index contributed by atoms with van der Waals surface area (Å²) in [4.78, 5) is 36.6. The first-order valence-electron chi connectivity index (χ1n) is 17.9. The number of hydrogen-bond acceptors (Lipinski definition) is 10. The smallest absolute Gasteiger partial charge is 0.458 e. The van der Waals surface area contributed by atoms with Crippen molar-refractivity contribution in [3.8, 4) is 0 Å². The summed E-state index contributed by atoms with van der Waals surface area (Å²) in [7, 11) is 0. The molecule has 1 saturated heterocycles. The van der Waals surface area contributed by atoms with Crippen LogP contribution in [0.1, 0.15) is 97.0 Å². The van der Waals surface area contributed by atoms with Crippen LogP contribution in [0.3, 0.4) is 0 Å². The number of nitro benzene ring substituents is 1. The van der Waals surface area contributed by atoms with Crippen molar-refractivity contribution in [2.45, 2.75) is 128 Å². The lowest BCUT2D eigenvalue weighted by Gasteiger charge is -2.65. The molecule has 7 rings (SSSR count). The van der Waals surface area contributed by atoms with Crippen molar-refractivity contribution in [3.05, 3.63) is 51.6 Å². The lowest BCUT2D eigenvalue weighted by Crippen LogP contribution is -2.67. The molecule has 11 heteroatoms. The van der Waals surface area contributed by atoms with Gasteiger partial charge in [0, 0.05) is 17.6 Å². The van der Waals surface area contributed by atoms with Gasteiger partial charge in [0.25, 0.3) is 5.69 Å². The Balaban J connectivity index is 1.14. The average Bonchev–Trinajstić information content (AvgIpc) is 3.61. The quantitative estimate of drug-likeness (QED) is 0.143. The second kappa shape index (κ2) is 12.7. The second-order valence-corrected chi connectivity index (χ2v) is 15.7. The molecule has 262 valence electrons. The summed E-state index contributed by atoms with van der Waals surface area (Å²) in [6.45, 7) is 6.34. The van der Waals surface area contributed by atoms with Crippen LogP contribution in [0.25, 0.3) is 0 Å². The molecule has 1 N–H and O–H groups in total. The van der Waals surface area contributed by atoms with Crippen LogP contribution in [-0.4, -0.2) is 59.0 Å². The van der Waals surface area contributed by atoms with E-state index >= 15 is 0 Å². The average molecular weight is 668 g/mol. The Kier molecular flexibility index (Phi) is 8.86. The van der Waals surface area contributed by atoms with Crippen LogP contribution >= 0.6 is 0 Å². The molecule has 0 radical (unpaired) electrons. The largest absolute Gasteiger partial charge is 0.508 e. The number of aliphatic hydroxyl groups is 1. The number of nitro groups is 1. The molecule has 4 saturated carbocycles. The van der Waals surface area contributed by atoms with E-state index in [1.54, 1.807) is 18.2 Å². The zero-order valence-corrected chi connectivity index (χ0v) is 28.3. The van der Waals surface area contributed by atoms with Crippen molar-refractivity contribution >= 4 is 17.8 Å². The molecule has 0 spiro atoms. The molecule has 4 aliphatic carbocycles. The first-order chi connectivity index (χ1) is 22.9. The molecule has 6 aliphatic rings. The van der Waals surface area contributed by atoms with Crippen LogP contribution in [0.15, 0.2) is 35.9 Å². The SMILES string of the molecule is C[C@H]1CCC[C@H](O[C@H]2CC[C@@]3(C)[C@H](CC[C@@H]4[C@@H]3C[C@@H](OC(=O)OCc3ccccc3[N+](=O)[O-])[C@]3(C)[C@@H](C5=CC(=O)OC5)CC[C@]43O)C2)O1. The third kappa shape index (κ3) is 5.63. The number of esters is 1. The number of carbonyl (C=O) groups is 2. The standard InChI is InChI=1S/C37H49NO10/c1-22-7-6-10-33(46-22)47-26-13-15-35(2)25(18-26)11-12-28-29(35)19-31(48-34(40)45-20-23-8-4-5-9-30(23)38(42)43)36(3)27(14-16-37(28,36)41)24-17-32(39)44-21-24/h4-5,8-9,17,22,25-29,31,33,41H,6-7,10-16,18-21H2,1-3H3/t22-,25+,26-,27+,28+,29-,31+,33-,35-,36-,37-/m0/s1. The maximum Gasteiger partial charge on any atom is 0.508 e. The fraction of sp³-hybridized carbons (Fsp3) is 0.730. The Hall–Kier alpha value is -3.02. The monoisotopic (exact) mass is 667 g/mol. The molecular formula is C37H49NO10. The zero-order valence-electron chi connectivity index (χ0n) is 28.3. The van der Waals surface area contributed by atoms with Gasteiger partial charge < -0.3 is 28.8 Å². The first-order valence-corrected chi connectivity index (χ1v) is 17.9. The zero-order chi connectivity index (χ0) is 33.8. The van der Waals surface area contributed by atoms with E-state index in [1.807, 2.05) is 6.92 Å². The van der Waals surface area contributed by atoms with E-state index in [2.05, 4.69) is 13.8 Å². The minimum Gasteiger partial charge on any atom is -0.458 e. The number of fused-ring (bicyclic) bond motifs is 5. The number of nitrogens with zero attached hydrogens (tertiary/aromatic N) is 1. The molecule has 11 nitrogen and oxygen atoms in total. The van der Waals surface area contributed by atoms with E-state index < -0.39 is 28.2 Å². The molecule has 1 aromatic carbocycles. The maximum atomic E-state index is 13.4. The number of hydrogen-bond donors (Lipinski definition) is 1. The maximum absolute atomic E-state index is 13.4. The van der Waals surface area contributed by atoms with Gasteiger partial charge in [0.2, 0.25) is 0 Å². The van der Waals surface area contributed by atoms with E-state index in [-0.39, 0.29) is 72.1 Å². The van der Waals surface area contributed by atoms with Gasteiger partial charge in [-0.2, -0.15) is 0 Å². The predicted octanol–water partition coefficient (Wildman–Crippen LogP) is 6.78. The summed E-state index contributed by atoms with van der Waals surface area (Å²) in [6, 6.07) is 6.15. The molecule has 2 heterocycles. The highest BCUT2D eigenvalue weighted by molar-refractivity contribution is 5.85. The minimum atomic E-state index is -1.14. The van der Waals surface area contributed by atoms with Crippen LogP contribution in [-0.2, 0) is 35.1 Å². The van der Waals surface area contributed by atoms with Crippen LogP contribution in [0.2, 0.25) is 0 Å². The summed E-state index contributed by atoms with van der Waals surface area (Å²) < 4.78 is 29.7. The van der Waals surface area contributed by atoms with Gasteiger partial charge >= 0.3 is 12.1 Å². The number of ether oxygens (including phenoxy) is 5. The van der Waals surface area contributed by atoms with Gasteiger partial charge in [-0.05, 0) is 118 Å². The summed E-state index contributed by atoms with van der Waals surface area (Å²) in [5.41, 5.74) is -1.14. The first kappa shape index (κ1) is 33.5. The molecule has 2 aliphatic heterocycles. The predicted molar refractivity (Wildman–Crippen MR) is 172 cm³/mol. The fourth-order valence-electron chi connectivity index (χ4n) is 11.0. The second-order valence-electron chi connectivity index (χ2n) is 15.7. The third-order valence-corrected chi connectivity index (χ3v) is 13.5.